The smallest absolute Gasteiger partial charge is 0.264 e. The molecule has 224 valence electrons. The molecule has 0 saturated carbocycles. The molecule has 2 aromatic carbocycles. The molecule has 1 N–H and O–H groups in total. The van der Waals surface area contributed by atoms with Crippen LogP contribution in [-0.4, -0.2) is 53.2 Å². The van der Waals surface area contributed by atoms with Gasteiger partial charge in [0.2, 0.25) is 11.8 Å². The summed E-state index contributed by atoms with van der Waals surface area (Å²) in [6.45, 7) is 11.1. The molecular weight excluding hydrogens is 562 g/mol. The number of benzene rings is 2. The molecule has 3 heterocycles. The molecule has 4 bridgehead atoms. The zero-order valence-electron chi connectivity index (χ0n) is 25.2. The standard InChI is InChI=1S/C33H37N5O4S/c1-22-10-8-11-23(2)31(22)28-17-30-36-32(35-28)37-43(40,41)27-14-9-12-24(16-27)29(39)20-38(19-25-13-6-7-15-34-25)26(21-42-30)18-33(3,4)5/h6-17,26H,18-21H2,1-5H3,(H,35,36,37)/t26-/m1/s1. The summed E-state index contributed by atoms with van der Waals surface area (Å²) in [6, 6.07) is 19.3. The van der Waals surface area contributed by atoms with Crippen molar-refractivity contribution < 1.29 is 17.9 Å². The van der Waals surface area contributed by atoms with E-state index >= 15 is 0 Å². The maximum absolute atomic E-state index is 13.7. The van der Waals surface area contributed by atoms with Crippen LogP contribution in [0.4, 0.5) is 5.95 Å². The number of hydrogen-bond acceptors (Lipinski definition) is 8. The molecule has 5 rings (SSSR count). The summed E-state index contributed by atoms with van der Waals surface area (Å²) < 4.78 is 35.8. The highest BCUT2D eigenvalue weighted by Crippen LogP contribution is 2.31. The predicted octanol–water partition coefficient (Wildman–Crippen LogP) is 5.84. The summed E-state index contributed by atoms with van der Waals surface area (Å²) in [5.74, 6) is -0.0723. The molecule has 10 heteroatoms. The van der Waals surface area contributed by atoms with E-state index in [4.69, 9.17) is 4.74 Å². The summed E-state index contributed by atoms with van der Waals surface area (Å²) in [5.41, 5.74) is 4.45. The van der Waals surface area contributed by atoms with Crippen LogP contribution < -0.4 is 9.46 Å². The largest absolute Gasteiger partial charge is 0.476 e. The summed E-state index contributed by atoms with van der Waals surface area (Å²) in [5, 5.41) is 0. The molecule has 0 radical (unpaired) electrons. The molecule has 1 atom stereocenters. The topological polar surface area (TPSA) is 114 Å². The van der Waals surface area contributed by atoms with Gasteiger partial charge in [-0.3, -0.25) is 14.7 Å². The first-order valence-electron chi connectivity index (χ1n) is 14.3. The fourth-order valence-electron chi connectivity index (χ4n) is 5.38. The van der Waals surface area contributed by atoms with E-state index in [-0.39, 0.29) is 47.1 Å². The van der Waals surface area contributed by atoms with E-state index in [1.54, 1.807) is 24.4 Å². The quantitative estimate of drug-likeness (QED) is 0.311. The molecular formula is C33H37N5O4S. The van der Waals surface area contributed by atoms with Crippen molar-refractivity contribution >= 4 is 21.8 Å². The molecule has 0 aliphatic carbocycles. The van der Waals surface area contributed by atoms with Gasteiger partial charge in [-0.1, -0.05) is 57.2 Å². The normalized spacial score (nSPS) is 17.4. The zero-order chi connectivity index (χ0) is 30.8. The molecule has 4 aromatic rings. The van der Waals surface area contributed by atoms with Crippen LogP contribution in [0.3, 0.4) is 0 Å². The minimum atomic E-state index is -4.11. The van der Waals surface area contributed by atoms with Gasteiger partial charge in [0.25, 0.3) is 10.0 Å². The number of aryl methyl sites for hydroxylation is 2. The Labute approximate surface area is 253 Å². The highest BCUT2D eigenvalue weighted by atomic mass is 32.2. The number of ether oxygens (including phenoxy) is 1. The summed E-state index contributed by atoms with van der Waals surface area (Å²) in [6.07, 6.45) is 2.46. The summed E-state index contributed by atoms with van der Waals surface area (Å²) in [4.78, 5) is 29.2. The number of pyridine rings is 1. The van der Waals surface area contributed by atoms with Gasteiger partial charge in [0, 0.05) is 36.0 Å². The number of aromatic nitrogens is 3. The van der Waals surface area contributed by atoms with Gasteiger partial charge < -0.3 is 4.74 Å². The Hall–Kier alpha value is -4.15. The minimum Gasteiger partial charge on any atom is -0.476 e. The third-order valence-corrected chi connectivity index (χ3v) is 8.68. The maximum Gasteiger partial charge on any atom is 0.264 e. The lowest BCUT2D eigenvalue weighted by Crippen LogP contribution is -2.44. The fraction of sp³-hybridized carbons (Fsp3) is 0.333. The Morgan fingerprint density at radius 1 is 0.977 bits per heavy atom. The Kier molecular flexibility index (Phi) is 8.62. The van der Waals surface area contributed by atoms with E-state index in [2.05, 4.69) is 45.3 Å². The molecule has 2 aromatic heterocycles. The van der Waals surface area contributed by atoms with Crippen LogP contribution in [0.25, 0.3) is 11.3 Å². The van der Waals surface area contributed by atoms with Crippen LogP contribution in [0.1, 0.15) is 54.4 Å². The van der Waals surface area contributed by atoms with E-state index in [9.17, 15) is 13.2 Å². The minimum absolute atomic E-state index is 0.0542. The first-order chi connectivity index (χ1) is 20.4. The number of fused-ring (bicyclic) bond motifs is 4. The van der Waals surface area contributed by atoms with Gasteiger partial charge >= 0.3 is 0 Å². The number of ketones is 1. The number of rotatable bonds is 4. The van der Waals surface area contributed by atoms with Crippen LogP contribution in [0, 0.1) is 19.3 Å². The number of anilines is 1. The monoisotopic (exact) mass is 599 g/mol. The second-order valence-corrected chi connectivity index (χ2v) is 13.9. The van der Waals surface area contributed by atoms with Crippen molar-refractivity contribution in [1.29, 1.82) is 0 Å². The third kappa shape index (κ3) is 7.44. The van der Waals surface area contributed by atoms with Crippen molar-refractivity contribution in [2.24, 2.45) is 5.41 Å². The predicted molar refractivity (Wildman–Crippen MR) is 167 cm³/mol. The molecule has 1 aliphatic heterocycles. The van der Waals surface area contributed by atoms with E-state index in [0.29, 0.717) is 17.8 Å². The Bertz CT molecular complexity index is 1720. The molecule has 9 nitrogen and oxygen atoms in total. The molecule has 0 amide bonds. The highest BCUT2D eigenvalue weighted by molar-refractivity contribution is 7.92. The Morgan fingerprint density at radius 2 is 1.72 bits per heavy atom. The number of Topliss-reactive ketones (excluding diaryl/α,β-unsaturated/α-hetero) is 1. The summed E-state index contributed by atoms with van der Waals surface area (Å²) in [7, 11) is -4.11. The molecule has 0 fully saturated rings. The molecule has 43 heavy (non-hydrogen) atoms. The number of carbonyl (C=O) groups is 1. The van der Waals surface area contributed by atoms with Gasteiger partial charge in [0.1, 0.15) is 6.61 Å². The number of hydrogen-bond donors (Lipinski definition) is 1. The van der Waals surface area contributed by atoms with Gasteiger partial charge in [-0.2, -0.15) is 4.98 Å². The SMILES string of the molecule is Cc1cccc(C)c1-c1cc2nc(n1)NS(=O)(=O)c1cccc(c1)C(=O)CN(Cc1ccccn1)[C@H](CC(C)(C)C)CO2. The van der Waals surface area contributed by atoms with Gasteiger partial charge in [0.05, 0.1) is 22.8 Å². The number of nitrogens with zero attached hydrogens (tertiary/aromatic N) is 4. The number of nitrogens with one attached hydrogen (secondary N) is 1. The number of sulfonamides is 1. The van der Waals surface area contributed by atoms with Crippen molar-refractivity contribution in [2.45, 2.75) is 58.5 Å². The van der Waals surface area contributed by atoms with E-state index in [1.807, 2.05) is 50.2 Å². The first-order valence-corrected chi connectivity index (χ1v) is 15.7. The molecule has 0 spiro atoms. The maximum atomic E-state index is 13.7. The van der Waals surface area contributed by atoms with Crippen LogP contribution in [0.15, 0.2) is 77.8 Å². The van der Waals surface area contributed by atoms with Gasteiger partial charge in [0.15, 0.2) is 5.78 Å². The van der Waals surface area contributed by atoms with Crippen LogP contribution >= 0.6 is 0 Å². The van der Waals surface area contributed by atoms with Crippen molar-refractivity contribution in [3.8, 4) is 17.1 Å². The average molecular weight is 600 g/mol. The lowest BCUT2D eigenvalue weighted by molar-refractivity contribution is 0.0714. The lowest BCUT2D eigenvalue weighted by Gasteiger charge is -2.35. The second-order valence-electron chi connectivity index (χ2n) is 12.2. The zero-order valence-corrected chi connectivity index (χ0v) is 26.0. The fourth-order valence-corrected chi connectivity index (χ4v) is 6.37. The van der Waals surface area contributed by atoms with Crippen molar-refractivity contribution in [3.63, 3.8) is 0 Å². The Balaban J connectivity index is 1.65. The van der Waals surface area contributed by atoms with Crippen LogP contribution in [0.2, 0.25) is 0 Å². The van der Waals surface area contributed by atoms with Crippen molar-refractivity contribution in [1.82, 2.24) is 19.9 Å². The molecule has 0 saturated heterocycles. The average Bonchev–Trinajstić information content (AvgIpc) is 2.94. The first kappa shape index (κ1) is 30.3. The second kappa shape index (κ2) is 12.2. The third-order valence-electron chi connectivity index (χ3n) is 7.36. The van der Waals surface area contributed by atoms with Crippen molar-refractivity contribution in [2.75, 3.05) is 17.9 Å². The van der Waals surface area contributed by atoms with E-state index < -0.39 is 10.0 Å². The molecule has 0 unspecified atom stereocenters. The number of carbonyl (C=O) groups excluding carboxylic acids is 1. The van der Waals surface area contributed by atoms with Crippen LogP contribution in [0.5, 0.6) is 5.88 Å². The van der Waals surface area contributed by atoms with Gasteiger partial charge in [-0.15, -0.1) is 0 Å². The van der Waals surface area contributed by atoms with Crippen LogP contribution in [-0.2, 0) is 16.6 Å². The van der Waals surface area contributed by atoms with Gasteiger partial charge in [-0.05, 0) is 61.1 Å². The van der Waals surface area contributed by atoms with E-state index in [0.717, 1.165) is 28.8 Å². The lowest BCUT2D eigenvalue weighted by atomic mass is 9.87. The molecule has 1 aliphatic rings. The van der Waals surface area contributed by atoms with Gasteiger partial charge in [-0.25, -0.2) is 18.1 Å². The highest BCUT2D eigenvalue weighted by Gasteiger charge is 2.29. The van der Waals surface area contributed by atoms with E-state index in [1.165, 1.54) is 12.1 Å². The summed E-state index contributed by atoms with van der Waals surface area (Å²) >= 11 is 0. The Morgan fingerprint density at radius 3 is 2.42 bits per heavy atom. The van der Waals surface area contributed by atoms with Crippen molar-refractivity contribution in [3.05, 3.63) is 95.3 Å².